The predicted molar refractivity (Wildman–Crippen MR) is 69.5 cm³/mol. The second kappa shape index (κ2) is 6.12. The van der Waals surface area contributed by atoms with Crippen molar-refractivity contribution < 1.29 is 17.6 Å². The van der Waals surface area contributed by atoms with Crippen LogP contribution in [0.4, 0.5) is 4.39 Å². The summed E-state index contributed by atoms with van der Waals surface area (Å²) in [5, 5.41) is 2.59. The van der Waals surface area contributed by atoms with Gasteiger partial charge in [0.25, 0.3) is 0 Å². The zero-order chi connectivity index (χ0) is 14.6. The highest BCUT2D eigenvalue weighted by Crippen LogP contribution is 2.14. The first-order valence-corrected chi connectivity index (χ1v) is 7.18. The van der Waals surface area contributed by atoms with Crippen LogP contribution in [0.2, 0.25) is 0 Å². The summed E-state index contributed by atoms with van der Waals surface area (Å²) in [6.45, 7) is 3.25. The summed E-state index contributed by atoms with van der Waals surface area (Å²) < 4.78 is 38.1. The van der Waals surface area contributed by atoms with Crippen molar-refractivity contribution in [1.29, 1.82) is 0 Å². The zero-order valence-electron chi connectivity index (χ0n) is 11.1. The SMILES string of the molecule is CC(C)NC(=O)CN(C)S(=O)(=O)c1cccc(F)c1. The van der Waals surface area contributed by atoms with E-state index in [0.29, 0.717) is 0 Å². The number of benzene rings is 1. The van der Waals surface area contributed by atoms with E-state index in [9.17, 15) is 17.6 Å². The first-order chi connectivity index (χ1) is 8.73. The molecule has 0 aliphatic carbocycles. The minimum atomic E-state index is -3.86. The summed E-state index contributed by atoms with van der Waals surface area (Å²) in [6.07, 6.45) is 0. The normalized spacial score (nSPS) is 11.9. The van der Waals surface area contributed by atoms with Crippen molar-refractivity contribution in [1.82, 2.24) is 9.62 Å². The lowest BCUT2D eigenvalue weighted by Gasteiger charge is -2.17. The van der Waals surface area contributed by atoms with Crippen LogP contribution in [0.15, 0.2) is 29.2 Å². The molecule has 19 heavy (non-hydrogen) atoms. The maximum atomic E-state index is 13.0. The summed E-state index contributed by atoms with van der Waals surface area (Å²) in [6, 6.07) is 4.61. The third kappa shape index (κ3) is 4.29. The van der Waals surface area contributed by atoms with Crippen LogP contribution in [-0.2, 0) is 14.8 Å². The van der Waals surface area contributed by atoms with Crippen LogP contribution in [0.5, 0.6) is 0 Å². The number of sulfonamides is 1. The second-order valence-corrected chi connectivity index (χ2v) is 6.49. The Morgan fingerprint density at radius 2 is 2.05 bits per heavy atom. The molecule has 0 atom stereocenters. The first-order valence-electron chi connectivity index (χ1n) is 5.74. The first kappa shape index (κ1) is 15.6. The molecule has 1 N–H and O–H groups in total. The van der Waals surface area contributed by atoms with E-state index in [1.807, 2.05) is 0 Å². The van der Waals surface area contributed by atoms with Crippen LogP contribution >= 0.6 is 0 Å². The summed E-state index contributed by atoms with van der Waals surface area (Å²) in [7, 11) is -2.58. The second-order valence-electron chi connectivity index (χ2n) is 4.44. The van der Waals surface area contributed by atoms with E-state index in [-0.39, 0.29) is 17.5 Å². The van der Waals surface area contributed by atoms with Gasteiger partial charge in [-0.1, -0.05) is 6.07 Å². The predicted octanol–water partition coefficient (Wildman–Crippen LogP) is 0.971. The Morgan fingerprint density at radius 3 is 2.58 bits per heavy atom. The smallest absolute Gasteiger partial charge is 0.243 e. The number of carbonyl (C=O) groups is 1. The van der Waals surface area contributed by atoms with E-state index in [1.165, 1.54) is 19.2 Å². The van der Waals surface area contributed by atoms with Crippen molar-refractivity contribution in [3.8, 4) is 0 Å². The molecule has 1 aromatic carbocycles. The van der Waals surface area contributed by atoms with E-state index in [2.05, 4.69) is 5.32 Å². The molecule has 0 unspecified atom stereocenters. The molecule has 0 saturated carbocycles. The van der Waals surface area contributed by atoms with Gasteiger partial charge in [0.05, 0.1) is 11.4 Å². The summed E-state index contributed by atoms with van der Waals surface area (Å²) >= 11 is 0. The van der Waals surface area contributed by atoms with E-state index < -0.39 is 21.7 Å². The van der Waals surface area contributed by atoms with Gasteiger partial charge in [-0.2, -0.15) is 4.31 Å². The molecule has 5 nitrogen and oxygen atoms in total. The zero-order valence-corrected chi connectivity index (χ0v) is 11.9. The number of amides is 1. The number of rotatable bonds is 5. The standard InChI is InChI=1S/C12H17FN2O3S/c1-9(2)14-12(16)8-15(3)19(17,18)11-6-4-5-10(13)7-11/h4-7,9H,8H2,1-3H3,(H,14,16). The van der Waals surface area contributed by atoms with Crippen molar-refractivity contribution in [3.63, 3.8) is 0 Å². The largest absolute Gasteiger partial charge is 0.353 e. The number of hydrogen-bond acceptors (Lipinski definition) is 3. The Balaban J connectivity index is 2.86. The monoisotopic (exact) mass is 288 g/mol. The highest BCUT2D eigenvalue weighted by Gasteiger charge is 2.23. The van der Waals surface area contributed by atoms with Crippen LogP contribution in [0, 0.1) is 5.82 Å². The number of halogens is 1. The highest BCUT2D eigenvalue weighted by atomic mass is 32.2. The molecule has 0 heterocycles. The molecule has 0 radical (unpaired) electrons. The van der Waals surface area contributed by atoms with E-state index in [1.54, 1.807) is 13.8 Å². The molecule has 1 rings (SSSR count). The number of carbonyl (C=O) groups excluding carboxylic acids is 1. The molecular weight excluding hydrogens is 271 g/mol. The minimum Gasteiger partial charge on any atom is -0.353 e. The molecule has 0 saturated heterocycles. The van der Waals surface area contributed by atoms with Crippen LogP contribution < -0.4 is 5.32 Å². The molecule has 1 amide bonds. The van der Waals surface area contributed by atoms with E-state index in [0.717, 1.165) is 16.4 Å². The number of likely N-dealkylation sites (N-methyl/N-ethyl adjacent to an activating group) is 1. The maximum Gasteiger partial charge on any atom is 0.243 e. The molecule has 0 aliphatic rings. The molecule has 1 aromatic rings. The van der Waals surface area contributed by atoms with Crippen molar-refractivity contribution >= 4 is 15.9 Å². The Morgan fingerprint density at radius 1 is 1.42 bits per heavy atom. The van der Waals surface area contributed by atoms with Gasteiger partial charge in [0.15, 0.2) is 0 Å². The number of nitrogens with zero attached hydrogens (tertiary/aromatic N) is 1. The summed E-state index contributed by atoms with van der Waals surface area (Å²) in [5.74, 6) is -1.04. The Labute approximate surface area is 112 Å². The highest BCUT2D eigenvalue weighted by molar-refractivity contribution is 7.89. The third-order valence-electron chi connectivity index (χ3n) is 2.32. The summed E-state index contributed by atoms with van der Waals surface area (Å²) in [4.78, 5) is 11.3. The van der Waals surface area contributed by atoms with E-state index in [4.69, 9.17) is 0 Å². The van der Waals surface area contributed by atoms with Gasteiger partial charge in [0.2, 0.25) is 15.9 Å². The van der Waals surface area contributed by atoms with Gasteiger partial charge in [0.1, 0.15) is 5.82 Å². The van der Waals surface area contributed by atoms with Crippen molar-refractivity contribution in [2.45, 2.75) is 24.8 Å². The fourth-order valence-electron chi connectivity index (χ4n) is 1.46. The summed E-state index contributed by atoms with van der Waals surface area (Å²) in [5.41, 5.74) is 0. The molecule has 0 fully saturated rings. The fourth-order valence-corrected chi connectivity index (χ4v) is 2.62. The Hall–Kier alpha value is -1.47. The molecular formula is C12H17FN2O3S. The van der Waals surface area contributed by atoms with Crippen LogP contribution in [0.1, 0.15) is 13.8 Å². The van der Waals surface area contributed by atoms with Gasteiger partial charge in [-0.15, -0.1) is 0 Å². The maximum absolute atomic E-state index is 13.0. The molecule has 0 bridgehead atoms. The van der Waals surface area contributed by atoms with Crippen molar-refractivity contribution in [2.24, 2.45) is 0 Å². The van der Waals surface area contributed by atoms with Crippen LogP contribution in [0.25, 0.3) is 0 Å². The van der Waals surface area contributed by atoms with E-state index >= 15 is 0 Å². The lowest BCUT2D eigenvalue weighted by molar-refractivity contribution is -0.121. The lowest BCUT2D eigenvalue weighted by atomic mass is 10.4. The van der Waals surface area contributed by atoms with Gasteiger partial charge < -0.3 is 5.32 Å². The molecule has 0 aromatic heterocycles. The number of hydrogen-bond donors (Lipinski definition) is 1. The van der Waals surface area contributed by atoms with Gasteiger partial charge in [-0.05, 0) is 32.0 Å². The average Bonchev–Trinajstić information content (AvgIpc) is 2.27. The third-order valence-corrected chi connectivity index (χ3v) is 4.12. The molecule has 106 valence electrons. The molecule has 0 aliphatic heterocycles. The fraction of sp³-hybridized carbons (Fsp3) is 0.417. The van der Waals surface area contributed by atoms with Gasteiger partial charge in [-0.25, -0.2) is 12.8 Å². The average molecular weight is 288 g/mol. The Bertz CT molecular complexity index is 558. The molecule has 7 heteroatoms. The topological polar surface area (TPSA) is 66.5 Å². The van der Waals surface area contributed by atoms with Gasteiger partial charge in [0, 0.05) is 13.1 Å². The quantitative estimate of drug-likeness (QED) is 0.878. The lowest BCUT2D eigenvalue weighted by Crippen LogP contribution is -2.40. The van der Waals surface area contributed by atoms with Crippen LogP contribution in [-0.4, -0.2) is 38.3 Å². The molecule has 0 spiro atoms. The van der Waals surface area contributed by atoms with Crippen molar-refractivity contribution in [3.05, 3.63) is 30.1 Å². The Kier molecular flexibility index (Phi) is 5.02. The van der Waals surface area contributed by atoms with Crippen molar-refractivity contribution in [2.75, 3.05) is 13.6 Å². The van der Waals surface area contributed by atoms with Crippen LogP contribution in [0.3, 0.4) is 0 Å². The van der Waals surface area contributed by atoms with Gasteiger partial charge in [-0.3, -0.25) is 4.79 Å². The number of nitrogens with one attached hydrogen (secondary N) is 1. The minimum absolute atomic E-state index is 0.0715. The van der Waals surface area contributed by atoms with Gasteiger partial charge >= 0.3 is 0 Å².